The molecule has 0 aliphatic carbocycles. The van der Waals surface area contributed by atoms with Gasteiger partial charge in [0, 0.05) is 5.56 Å². The van der Waals surface area contributed by atoms with Crippen molar-refractivity contribution in [3.63, 3.8) is 0 Å². The Labute approximate surface area is 128 Å². The lowest BCUT2D eigenvalue weighted by atomic mass is 9.93. The molecule has 2 aromatic rings. The summed E-state index contributed by atoms with van der Waals surface area (Å²) < 4.78 is 9.46. The quantitative estimate of drug-likeness (QED) is 0.879. The van der Waals surface area contributed by atoms with Gasteiger partial charge in [0.1, 0.15) is 5.75 Å². The molecule has 0 bridgehead atoms. The molecule has 1 N–H and O–H groups in total. The van der Waals surface area contributed by atoms with Gasteiger partial charge in [-0.15, -0.1) is 0 Å². The van der Waals surface area contributed by atoms with Gasteiger partial charge in [0.2, 0.25) is 0 Å². The summed E-state index contributed by atoms with van der Waals surface area (Å²) >= 11 is 0. The van der Waals surface area contributed by atoms with Crippen LogP contribution < -0.4 is 0 Å². The van der Waals surface area contributed by atoms with E-state index in [1.807, 2.05) is 30.3 Å². The Bertz CT molecular complexity index is 692. The average molecular weight is 300 g/mol. The number of carbonyl (C=O) groups excluding carboxylic acids is 2. The standard InChI is InChI=1S/C17H16O5/c1-21-15(19)9-12-8-13(18)10-14(16(12)17(20)22-2)11-6-4-3-5-7-11/h3-8,10,18H,9H2,1-2H3. The van der Waals surface area contributed by atoms with Crippen molar-refractivity contribution in [1.82, 2.24) is 0 Å². The molecule has 5 heteroatoms. The predicted molar refractivity (Wildman–Crippen MR) is 80.6 cm³/mol. The second-order valence-corrected chi connectivity index (χ2v) is 4.64. The van der Waals surface area contributed by atoms with Gasteiger partial charge < -0.3 is 14.6 Å². The summed E-state index contributed by atoms with van der Waals surface area (Å²) in [5, 5.41) is 9.92. The van der Waals surface area contributed by atoms with Crippen LogP contribution in [0.3, 0.4) is 0 Å². The minimum Gasteiger partial charge on any atom is -0.508 e. The van der Waals surface area contributed by atoms with Crippen LogP contribution in [0.15, 0.2) is 42.5 Å². The topological polar surface area (TPSA) is 72.8 Å². The maximum atomic E-state index is 12.2. The molecule has 114 valence electrons. The summed E-state index contributed by atoms with van der Waals surface area (Å²) in [6, 6.07) is 11.9. The van der Waals surface area contributed by atoms with Crippen LogP contribution in [0.25, 0.3) is 11.1 Å². The molecule has 5 nitrogen and oxygen atoms in total. The van der Waals surface area contributed by atoms with Crippen molar-refractivity contribution >= 4 is 11.9 Å². The first-order valence-corrected chi connectivity index (χ1v) is 6.63. The van der Waals surface area contributed by atoms with Crippen LogP contribution in [0.4, 0.5) is 0 Å². The number of phenols is 1. The van der Waals surface area contributed by atoms with E-state index in [0.717, 1.165) is 5.56 Å². The van der Waals surface area contributed by atoms with Crippen molar-refractivity contribution in [1.29, 1.82) is 0 Å². The molecule has 22 heavy (non-hydrogen) atoms. The molecule has 0 aromatic heterocycles. The molecule has 0 radical (unpaired) electrons. The second kappa shape index (κ2) is 6.76. The molecular weight excluding hydrogens is 284 g/mol. The minimum absolute atomic E-state index is 0.0367. The van der Waals surface area contributed by atoms with E-state index in [1.54, 1.807) is 0 Å². The molecule has 2 rings (SSSR count). The summed E-state index contributed by atoms with van der Waals surface area (Å²) in [4.78, 5) is 23.7. The lowest BCUT2D eigenvalue weighted by Gasteiger charge is -2.14. The van der Waals surface area contributed by atoms with Gasteiger partial charge in [-0.2, -0.15) is 0 Å². The Hall–Kier alpha value is -2.82. The van der Waals surface area contributed by atoms with E-state index in [0.29, 0.717) is 11.1 Å². The van der Waals surface area contributed by atoms with Gasteiger partial charge in [-0.25, -0.2) is 4.79 Å². The van der Waals surface area contributed by atoms with E-state index in [2.05, 4.69) is 4.74 Å². The third-order valence-corrected chi connectivity index (χ3v) is 3.24. The van der Waals surface area contributed by atoms with Crippen molar-refractivity contribution in [3.8, 4) is 16.9 Å². The van der Waals surface area contributed by atoms with E-state index in [1.165, 1.54) is 26.4 Å². The SMILES string of the molecule is COC(=O)Cc1cc(O)cc(-c2ccccc2)c1C(=O)OC. The molecule has 0 aliphatic heterocycles. The Morgan fingerprint density at radius 1 is 1.05 bits per heavy atom. The molecule has 0 saturated carbocycles. The summed E-state index contributed by atoms with van der Waals surface area (Å²) in [7, 11) is 2.53. The zero-order chi connectivity index (χ0) is 16.1. The predicted octanol–water partition coefficient (Wildman–Crippen LogP) is 2.56. The van der Waals surface area contributed by atoms with E-state index < -0.39 is 11.9 Å². The number of hydrogen-bond donors (Lipinski definition) is 1. The van der Waals surface area contributed by atoms with Crippen LogP contribution in [-0.4, -0.2) is 31.3 Å². The number of aromatic hydroxyl groups is 1. The normalized spacial score (nSPS) is 10.1. The van der Waals surface area contributed by atoms with E-state index >= 15 is 0 Å². The fraction of sp³-hybridized carbons (Fsp3) is 0.176. The van der Waals surface area contributed by atoms with Gasteiger partial charge in [0.15, 0.2) is 0 Å². The van der Waals surface area contributed by atoms with Crippen molar-refractivity contribution in [2.75, 3.05) is 14.2 Å². The lowest BCUT2D eigenvalue weighted by molar-refractivity contribution is -0.139. The minimum atomic E-state index is -0.572. The Balaban J connectivity index is 2.66. The number of rotatable bonds is 4. The maximum absolute atomic E-state index is 12.2. The Morgan fingerprint density at radius 3 is 2.32 bits per heavy atom. The summed E-state index contributed by atoms with van der Waals surface area (Å²) in [5.74, 6) is -1.11. The third-order valence-electron chi connectivity index (χ3n) is 3.24. The number of hydrogen-bond acceptors (Lipinski definition) is 5. The first kappa shape index (κ1) is 15.6. The zero-order valence-electron chi connectivity index (χ0n) is 12.3. The second-order valence-electron chi connectivity index (χ2n) is 4.64. The van der Waals surface area contributed by atoms with Gasteiger partial charge in [-0.1, -0.05) is 30.3 Å². The van der Waals surface area contributed by atoms with Gasteiger partial charge in [-0.05, 0) is 23.3 Å². The van der Waals surface area contributed by atoms with Crippen LogP contribution >= 0.6 is 0 Å². The van der Waals surface area contributed by atoms with Gasteiger partial charge in [-0.3, -0.25) is 4.79 Å². The van der Waals surface area contributed by atoms with E-state index in [9.17, 15) is 14.7 Å². The van der Waals surface area contributed by atoms with Crippen LogP contribution in [0.1, 0.15) is 15.9 Å². The zero-order valence-corrected chi connectivity index (χ0v) is 12.3. The number of benzene rings is 2. The summed E-state index contributed by atoms with van der Waals surface area (Å²) in [6.07, 6.45) is -0.130. The van der Waals surface area contributed by atoms with Crippen molar-refractivity contribution in [3.05, 3.63) is 53.6 Å². The summed E-state index contributed by atoms with van der Waals surface area (Å²) in [5.41, 5.74) is 1.85. The van der Waals surface area contributed by atoms with Crippen molar-refractivity contribution in [2.45, 2.75) is 6.42 Å². The van der Waals surface area contributed by atoms with Gasteiger partial charge in [0.05, 0.1) is 26.2 Å². The smallest absolute Gasteiger partial charge is 0.338 e. The first-order chi connectivity index (χ1) is 10.6. The number of methoxy groups -OCH3 is 2. The molecule has 0 unspecified atom stereocenters. The lowest BCUT2D eigenvalue weighted by Crippen LogP contribution is -2.12. The van der Waals surface area contributed by atoms with E-state index in [4.69, 9.17) is 4.74 Å². The molecule has 0 spiro atoms. The monoisotopic (exact) mass is 300 g/mol. The van der Waals surface area contributed by atoms with E-state index in [-0.39, 0.29) is 17.7 Å². The van der Waals surface area contributed by atoms with Crippen LogP contribution in [0.2, 0.25) is 0 Å². The van der Waals surface area contributed by atoms with Gasteiger partial charge in [0.25, 0.3) is 0 Å². The fourth-order valence-electron chi connectivity index (χ4n) is 2.24. The summed E-state index contributed by atoms with van der Waals surface area (Å²) in [6.45, 7) is 0. The van der Waals surface area contributed by atoms with Crippen LogP contribution in [0.5, 0.6) is 5.75 Å². The molecule has 0 fully saturated rings. The van der Waals surface area contributed by atoms with Crippen LogP contribution in [-0.2, 0) is 20.7 Å². The molecule has 0 heterocycles. The van der Waals surface area contributed by atoms with Crippen LogP contribution in [0, 0.1) is 0 Å². The number of phenolic OH excluding ortho intramolecular Hbond substituents is 1. The van der Waals surface area contributed by atoms with Gasteiger partial charge >= 0.3 is 11.9 Å². The Kier molecular flexibility index (Phi) is 4.78. The highest BCUT2D eigenvalue weighted by Crippen LogP contribution is 2.31. The van der Waals surface area contributed by atoms with Crippen molar-refractivity contribution in [2.24, 2.45) is 0 Å². The fourth-order valence-corrected chi connectivity index (χ4v) is 2.24. The molecule has 0 aliphatic rings. The first-order valence-electron chi connectivity index (χ1n) is 6.63. The molecule has 2 aromatic carbocycles. The number of ether oxygens (including phenoxy) is 2. The highest BCUT2D eigenvalue weighted by molar-refractivity contribution is 6.00. The highest BCUT2D eigenvalue weighted by Gasteiger charge is 2.21. The third kappa shape index (κ3) is 3.25. The number of esters is 2. The Morgan fingerprint density at radius 2 is 1.73 bits per heavy atom. The highest BCUT2D eigenvalue weighted by atomic mass is 16.5. The average Bonchev–Trinajstić information content (AvgIpc) is 2.54. The number of carbonyl (C=O) groups is 2. The largest absolute Gasteiger partial charge is 0.508 e. The molecular formula is C17H16O5. The molecule has 0 saturated heterocycles. The maximum Gasteiger partial charge on any atom is 0.338 e. The molecule has 0 amide bonds. The molecule has 0 atom stereocenters. The van der Waals surface area contributed by atoms with Crippen molar-refractivity contribution < 1.29 is 24.2 Å².